The van der Waals surface area contributed by atoms with E-state index in [0.717, 1.165) is 0 Å². The zero-order valence-electron chi connectivity index (χ0n) is 13.8. The van der Waals surface area contributed by atoms with Crippen molar-refractivity contribution in [2.24, 2.45) is 5.92 Å². The first kappa shape index (κ1) is 14.4. The molecular weight excluding hydrogens is 308 g/mol. The summed E-state index contributed by atoms with van der Waals surface area (Å²) < 4.78 is 25.8. The Morgan fingerprint density at radius 2 is 1.00 bits per heavy atom. The predicted octanol–water partition coefficient (Wildman–Crippen LogP) is 4.76. The molecule has 0 amide bonds. The molecular formula is C18H21O4Si-. The Hall–Kier alpha value is -2.14. The predicted molar refractivity (Wildman–Crippen MR) is 90.0 cm³/mol. The summed E-state index contributed by atoms with van der Waals surface area (Å²) in [5.41, 5.74) is 0. The van der Waals surface area contributed by atoms with Gasteiger partial charge in [0.15, 0.2) is 0 Å². The average Bonchev–Trinajstić information content (AvgIpc) is 3.02. The molecule has 2 aromatic rings. The van der Waals surface area contributed by atoms with Crippen molar-refractivity contribution in [3.8, 4) is 23.0 Å². The first-order valence-corrected chi connectivity index (χ1v) is 10.1. The molecule has 0 saturated heterocycles. The minimum atomic E-state index is -4.24. The summed E-state index contributed by atoms with van der Waals surface area (Å²) in [7, 11) is -4.24. The van der Waals surface area contributed by atoms with Crippen LogP contribution < -0.4 is 17.7 Å². The van der Waals surface area contributed by atoms with Gasteiger partial charge in [-0.1, -0.05) is 0 Å². The molecule has 0 bridgehead atoms. The van der Waals surface area contributed by atoms with Gasteiger partial charge in [0, 0.05) is 0 Å². The summed E-state index contributed by atoms with van der Waals surface area (Å²) >= 11 is 0. The van der Waals surface area contributed by atoms with Gasteiger partial charge in [0.2, 0.25) is 0 Å². The molecule has 5 heteroatoms. The maximum atomic E-state index is 6.44. The fraction of sp³-hybridized carbons (Fsp3) is 0.333. The zero-order chi connectivity index (χ0) is 16.3. The molecule has 23 heavy (non-hydrogen) atoms. The van der Waals surface area contributed by atoms with E-state index in [9.17, 15) is 0 Å². The third kappa shape index (κ3) is 1.65. The van der Waals surface area contributed by atoms with E-state index < -0.39 is 13.4 Å². The zero-order valence-corrected chi connectivity index (χ0v) is 14.8. The Morgan fingerprint density at radius 3 is 1.26 bits per heavy atom. The third-order valence-electron chi connectivity index (χ3n) is 5.34. The summed E-state index contributed by atoms with van der Waals surface area (Å²) in [6, 6.07) is 15.3. The molecule has 0 aliphatic carbocycles. The van der Waals surface area contributed by atoms with Crippen molar-refractivity contribution in [1.29, 1.82) is 0 Å². The van der Waals surface area contributed by atoms with Crippen LogP contribution in [0.3, 0.4) is 0 Å². The number of rotatable bonds is 2. The third-order valence-corrected chi connectivity index (χ3v) is 10.3. The van der Waals surface area contributed by atoms with Crippen LogP contribution in [0.2, 0.25) is 5.04 Å². The van der Waals surface area contributed by atoms with E-state index in [1.165, 1.54) is 0 Å². The van der Waals surface area contributed by atoms with Crippen LogP contribution in [-0.2, 0) is 0 Å². The van der Waals surface area contributed by atoms with E-state index in [1.54, 1.807) is 0 Å². The monoisotopic (exact) mass is 329 g/mol. The molecule has 2 aliphatic heterocycles. The fourth-order valence-electron chi connectivity index (χ4n) is 3.12. The van der Waals surface area contributed by atoms with Crippen LogP contribution in [0.15, 0.2) is 48.5 Å². The van der Waals surface area contributed by atoms with Gasteiger partial charge in [0.25, 0.3) is 0 Å². The van der Waals surface area contributed by atoms with Crippen LogP contribution >= 0.6 is 0 Å². The van der Waals surface area contributed by atoms with Gasteiger partial charge in [-0.2, -0.15) is 0 Å². The molecule has 0 N–H and O–H groups in total. The molecule has 0 saturated carbocycles. The van der Waals surface area contributed by atoms with Crippen molar-refractivity contribution < 1.29 is 17.7 Å². The van der Waals surface area contributed by atoms with Crippen LogP contribution in [0.5, 0.6) is 23.0 Å². The molecule has 4 nitrogen and oxygen atoms in total. The average molecular weight is 329 g/mol. The van der Waals surface area contributed by atoms with E-state index in [-0.39, 0.29) is 5.92 Å². The molecule has 1 spiro atoms. The normalized spacial score (nSPS) is 21.2. The molecule has 4 rings (SSSR count). The molecule has 0 radical (unpaired) electrons. The Morgan fingerprint density at radius 1 is 0.696 bits per heavy atom. The number of para-hydroxylation sites is 4. The molecule has 2 heterocycles. The fourth-order valence-corrected chi connectivity index (χ4v) is 7.56. The number of benzene rings is 2. The molecule has 0 unspecified atom stereocenters. The number of hydrogen-bond donors (Lipinski definition) is 0. The standard InChI is InChI=1S/C18H21O4Si/c1-13(2)18(3,4)23(19-14-9-5-6-10-15(14)20-23)21-16-11-7-8-12-17(16)22-23/h5-13H,1-4H3/q-1. The Labute approximate surface area is 136 Å². The second-order valence-corrected chi connectivity index (χ2v) is 11.0. The second kappa shape index (κ2) is 4.23. The first-order chi connectivity index (χ1) is 10.9. The number of fused-ring (bicyclic) bond motifs is 2. The summed E-state index contributed by atoms with van der Waals surface area (Å²) in [5.74, 6) is 2.97. The van der Waals surface area contributed by atoms with Crippen LogP contribution in [0, 0.1) is 5.92 Å². The van der Waals surface area contributed by atoms with Crippen LogP contribution in [0.1, 0.15) is 27.7 Å². The topological polar surface area (TPSA) is 36.9 Å². The van der Waals surface area contributed by atoms with Crippen molar-refractivity contribution in [2.75, 3.05) is 0 Å². The number of hydrogen-bond acceptors (Lipinski definition) is 4. The van der Waals surface area contributed by atoms with E-state index in [2.05, 4.69) is 27.7 Å². The maximum absolute atomic E-state index is 6.44. The molecule has 2 aliphatic rings. The van der Waals surface area contributed by atoms with Gasteiger partial charge in [-0.05, 0) is 0 Å². The van der Waals surface area contributed by atoms with E-state index >= 15 is 0 Å². The van der Waals surface area contributed by atoms with Gasteiger partial charge in [-0.3, -0.25) is 0 Å². The summed E-state index contributed by atoms with van der Waals surface area (Å²) in [4.78, 5) is 0. The van der Waals surface area contributed by atoms with Gasteiger partial charge in [0.1, 0.15) is 0 Å². The Kier molecular flexibility index (Phi) is 2.66. The molecule has 0 fully saturated rings. The Balaban J connectivity index is 1.93. The molecule has 0 aromatic heterocycles. The van der Waals surface area contributed by atoms with Gasteiger partial charge < -0.3 is 0 Å². The van der Waals surface area contributed by atoms with E-state index in [0.29, 0.717) is 23.0 Å². The van der Waals surface area contributed by atoms with Gasteiger partial charge >= 0.3 is 136 Å². The van der Waals surface area contributed by atoms with E-state index in [4.69, 9.17) is 17.7 Å². The first-order valence-electron chi connectivity index (χ1n) is 7.98. The summed E-state index contributed by atoms with van der Waals surface area (Å²) in [6.07, 6.45) is 0. The van der Waals surface area contributed by atoms with Crippen molar-refractivity contribution in [2.45, 2.75) is 32.7 Å². The minimum absolute atomic E-state index is 0.236. The van der Waals surface area contributed by atoms with Crippen LogP contribution in [0.4, 0.5) is 0 Å². The summed E-state index contributed by atoms with van der Waals surface area (Å²) in [5, 5.41) is -0.446. The second-order valence-electron chi connectivity index (χ2n) is 7.09. The van der Waals surface area contributed by atoms with Crippen molar-refractivity contribution in [1.82, 2.24) is 0 Å². The van der Waals surface area contributed by atoms with Crippen molar-refractivity contribution in [3.05, 3.63) is 48.5 Å². The van der Waals surface area contributed by atoms with Gasteiger partial charge in [0.05, 0.1) is 0 Å². The van der Waals surface area contributed by atoms with Crippen LogP contribution in [-0.4, -0.2) is 8.33 Å². The molecule has 2 aromatic carbocycles. The van der Waals surface area contributed by atoms with Crippen molar-refractivity contribution >= 4 is 8.33 Å². The summed E-state index contributed by atoms with van der Waals surface area (Å²) in [6.45, 7) is 8.48. The molecule has 122 valence electrons. The molecule has 0 atom stereocenters. The van der Waals surface area contributed by atoms with E-state index in [1.807, 2.05) is 48.5 Å². The van der Waals surface area contributed by atoms with Crippen molar-refractivity contribution in [3.63, 3.8) is 0 Å². The van der Waals surface area contributed by atoms with Crippen LogP contribution in [0.25, 0.3) is 0 Å². The van der Waals surface area contributed by atoms with Gasteiger partial charge in [-0.15, -0.1) is 0 Å². The SMILES string of the molecule is CC(C)C(C)(C)[Si-]12(Oc3ccccc3O1)Oc1ccccc1O2. The quantitative estimate of drug-likeness (QED) is 0.745. The van der Waals surface area contributed by atoms with Gasteiger partial charge in [-0.25, -0.2) is 0 Å². The Bertz CT molecular complexity index is 671.